The molecule has 0 radical (unpaired) electrons. The summed E-state index contributed by atoms with van der Waals surface area (Å²) in [5.74, 6) is -1.89. The number of piperazine rings is 1. The highest BCUT2D eigenvalue weighted by molar-refractivity contribution is 7.13. The Kier molecular flexibility index (Phi) is 11.7. The number of hydrogen-bond acceptors (Lipinski definition) is 11. The van der Waals surface area contributed by atoms with Crippen molar-refractivity contribution in [3.8, 4) is 11.1 Å². The highest BCUT2D eigenvalue weighted by atomic mass is 35.5. The molecule has 10 rings (SSSR count). The predicted octanol–water partition coefficient (Wildman–Crippen LogP) is 6.25. The number of fused-ring (bicyclic) bond motifs is 2. The topological polar surface area (TPSA) is 177 Å². The molecule has 2 aromatic heterocycles. The third-order valence-electron chi connectivity index (χ3n) is 13.3. The van der Waals surface area contributed by atoms with Gasteiger partial charge in [0.2, 0.25) is 11.8 Å². The van der Waals surface area contributed by atoms with Crippen LogP contribution in [0.2, 0.25) is 10.0 Å². The van der Waals surface area contributed by atoms with Crippen molar-refractivity contribution in [3.63, 3.8) is 0 Å². The van der Waals surface area contributed by atoms with Gasteiger partial charge >= 0.3 is 6.03 Å². The van der Waals surface area contributed by atoms with Crippen molar-refractivity contribution in [2.45, 2.75) is 63.3 Å². The van der Waals surface area contributed by atoms with Gasteiger partial charge in [0.1, 0.15) is 5.82 Å². The van der Waals surface area contributed by atoms with Crippen LogP contribution in [-0.4, -0.2) is 111 Å². The first-order chi connectivity index (χ1) is 31.8. The first-order valence-electron chi connectivity index (χ1n) is 21.9. The summed E-state index contributed by atoms with van der Waals surface area (Å²) in [6, 6.07) is 12.4. The summed E-state index contributed by atoms with van der Waals surface area (Å²) < 4.78 is 18.0. The van der Waals surface area contributed by atoms with Crippen LogP contribution in [0.15, 0.2) is 66.4 Å². The lowest BCUT2D eigenvalue weighted by atomic mass is 9.87. The first-order valence-corrected chi connectivity index (χ1v) is 23.5. The molecule has 16 nitrogen and oxygen atoms in total. The van der Waals surface area contributed by atoms with Gasteiger partial charge in [-0.25, -0.2) is 19.2 Å². The Morgan fingerprint density at radius 2 is 1.62 bits per heavy atom. The Bertz CT molecular complexity index is 2730. The summed E-state index contributed by atoms with van der Waals surface area (Å²) in [6.45, 7) is 3.85. The number of aliphatic hydroxyl groups is 1. The van der Waals surface area contributed by atoms with Gasteiger partial charge < -0.3 is 29.3 Å². The molecule has 1 atom stereocenters. The van der Waals surface area contributed by atoms with Crippen LogP contribution in [0, 0.1) is 5.82 Å². The number of halogens is 3. The van der Waals surface area contributed by atoms with E-state index in [-0.39, 0.29) is 48.9 Å². The molecule has 342 valence electrons. The number of aromatic nitrogens is 3. The number of anilines is 4. The summed E-state index contributed by atoms with van der Waals surface area (Å²) >= 11 is 14.6. The standard InChI is InChI=1S/C46H45Cl2FN10O6S/c47-33-22-30(58-12-7-37(60)52-45(58)64)23-34(48)40(33)56-13-8-46(65,9-14-56)24-38(61)55-17-15-54(16-18-55)29-5-3-27(4-6-29)28-20-31-32(35(49)21-28)25-59(43(31)63)41(42(62)53-44-50-10-19-66-44)39-36-2-1-11-57(36)26-51-39/h3-6,10,19-23,26,41,65H,1-2,7-9,11-18,24-25H2,(H,50,53,62)(H,52,60,64). The highest BCUT2D eigenvalue weighted by Gasteiger charge is 2.43. The molecule has 0 aliphatic carbocycles. The number of thiazole rings is 1. The van der Waals surface area contributed by atoms with Gasteiger partial charge in [-0.15, -0.1) is 11.3 Å². The monoisotopic (exact) mass is 954 g/mol. The van der Waals surface area contributed by atoms with E-state index < -0.39 is 35.3 Å². The summed E-state index contributed by atoms with van der Waals surface area (Å²) in [5, 5.41) is 19.5. The molecular formula is C46H45Cl2FN10O6S. The number of rotatable bonds is 10. The molecular weight excluding hydrogens is 911 g/mol. The number of amides is 6. The number of benzene rings is 3. The van der Waals surface area contributed by atoms with Crippen molar-refractivity contribution in [2.24, 2.45) is 0 Å². The Morgan fingerprint density at radius 3 is 2.32 bits per heavy atom. The maximum Gasteiger partial charge on any atom is 0.328 e. The number of imidazole rings is 1. The van der Waals surface area contributed by atoms with Crippen molar-refractivity contribution in [1.82, 2.24) is 29.7 Å². The molecule has 5 aliphatic rings. The van der Waals surface area contributed by atoms with Gasteiger partial charge in [0, 0.05) is 98.6 Å². The fourth-order valence-electron chi connectivity index (χ4n) is 9.78. The van der Waals surface area contributed by atoms with Crippen LogP contribution in [-0.2, 0) is 33.9 Å². The van der Waals surface area contributed by atoms with E-state index in [1.54, 1.807) is 41.0 Å². The zero-order valence-corrected chi connectivity index (χ0v) is 38.0. The van der Waals surface area contributed by atoms with Gasteiger partial charge in [-0.2, -0.15) is 0 Å². The maximum atomic E-state index is 16.0. The zero-order chi connectivity index (χ0) is 45.9. The number of aryl methyl sites for hydroxylation is 1. The minimum Gasteiger partial charge on any atom is -0.389 e. The first kappa shape index (κ1) is 43.8. The van der Waals surface area contributed by atoms with Crippen LogP contribution >= 0.6 is 34.5 Å². The van der Waals surface area contributed by atoms with Crippen LogP contribution in [0.5, 0.6) is 0 Å². The van der Waals surface area contributed by atoms with E-state index in [9.17, 15) is 29.1 Å². The SMILES string of the molecule is O=C1CCN(c2cc(Cl)c(N3CCC(O)(CC(=O)N4CCN(c5ccc(-c6cc(F)c7c(c6)C(=O)N(C(C(=O)Nc6nccs6)c6ncn8c6CCC8)C7)cc5)CC4)CC3)c(Cl)c2)C(=O)N1. The molecule has 3 N–H and O–H groups in total. The number of nitrogens with one attached hydrogen (secondary N) is 2. The molecule has 5 aliphatic heterocycles. The van der Waals surface area contributed by atoms with Gasteiger partial charge in [-0.05, 0) is 73.2 Å². The molecule has 3 saturated heterocycles. The summed E-state index contributed by atoms with van der Waals surface area (Å²) in [5.41, 5.74) is 3.87. The molecule has 5 aromatic rings. The molecule has 66 heavy (non-hydrogen) atoms. The van der Waals surface area contributed by atoms with Crippen molar-refractivity contribution in [2.75, 3.05) is 65.8 Å². The van der Waals surface area contributed by atoms with Gasteiger partial charge in [-0.3, -0.25) is 34.7 Å². The lowest BCUT2D eigenvalue weighted by Gasteiger charge is -2.41. The number of nitrogens with zero attached hydrogens (tertiary/aromatic N) is 8. The van der Waals surface area contributed by atoms with E-state index in [4.69, 9.17) is 23.2 Å². The Labute approximate surface area is 392 Å². The van der Waals surface area contributed by atoms with Crippen molar-refractivity contribution in [1.29, 1.82) is 0 Å². The van der Waals surface area contributed by atoms with Gasteiger partial charge in [0.25, 0.3) is 11.8 Å². The number of imide groups is 1. The fourth-order valence-corrected chi connectivity index (χ4v) is 11.0. The average molecular weight is 956 g/mol. The Balaban J connectivity index is 0.748. The maximum absolute atomic E-state index is 16.0. The Morgan fingerprint density at radius 1 is 0.879 bits per heavy atom. The van der Waals surface area contributed by atoms with Gasteiger partial charge in [0.15, 0.2) is 11.2 Å². The summed E-state index contributed by atoms with van der Waals surface area (Å²) in [4.78, 5) is 83.0. The fraction of sp³-hybridized carbons (Fsp3) is 0.370. The minimum absolute atomic E-state index is 0.0117. The number of carbonyl (C=O) groups excluding carboxylic acids is 5. The largest absolute Gasteiger partial charge is 0.389 e. The van der Waals surface area contributed by atoms with E-state index in [2.05, 4.69) is 25.5 Å². The second-order valence-corrected chi connectivity index (χ2v) is 19.0. The quantitative estimate of drug-likeness (QED) is 0.145. The molecule has 1 unspecified atom stereocenters. The number of hydrogen-bond donors (Lipinski definition) is 3. The van der Waals surface area contributed by atoms with Crippen LogP contribution in [0.1, 0.15) is 65.5 Å². The average Bonchev–Trinajstić information content (AvgIpc) is 4.12. The number of piperidine rings is 1. The van der Waals surface area contributed by atoms with Gasteiger partial charge in [0.05, 0.1) is 46.3 Å². The van der Waals surface area contributed by atoms with Crippen LogP contribution in [0.3, 0.4) is 0 Å². The second-order valence-electron chi connectivity index (χ2n) is 17.3. The predicted molar refractivity (Wildman–Crippen MR) is 248 cm³/mol. The van der Waals surface area contributed by atoms with Crippen LogP contribution in [0.4, 0.5) is 31.4 Å². The smallest absolute Gasteiger partial charge is 0.328 e. The van der Waals surface area contributed by atoms with Gasteiger partial charge in [-0.1, -0.05) is 35.3 Å². The van der Waals surface area contributed by atoms with Crippen LogP contribution < -0.4 is 25.3 Å². The Hall–Kier alpha value is -6.08. The molecule has 6 amide bonds. The third-order valence-corrected chi connectivity index (χ3v) is 14.6. The van der Waals surface area contributed by atoms with Crippen molar-refractivity contribution in [3.05, 3.63) is 105 Å². The summed E-state index contributed by atoms with van der Waals surface area (Å²) in [6.07, 6.45) is 5.72. The molecule has 0 saturated carbocycles. The van der Waals surface area contributed by atoms with E-state index in [0.717, 1.165) is 36.3 Å². The second kappa shape index (κ2) is 17.6. The molecule has 3 fully saturated rings. The lowest BCUT2D eigenvalue weighted by Crippen LogP contribution is -2.52. The zero-order valence-electron chi connectivity index (χ0n) is 35.6. The van der Waals surface area contributed by atoms with Crippen molar-refractivity contribution >= 4 is 86.4 Å². The van der Waals surface area contributed by atoms with Crippen molar-refractivity contribution < 1.29 is 33.5 Å². The molecule has 3 aromatic carbocycles. The lowest BCUT2D eigenvalue weighted by molar-refractivity contribution is -0.137. The van der Waals surface area contributed by atoms with E-state index in [1.165, 1.54) is 27.2 Å². The summed E-state index contributed by atoms with van der Waals surface area (Å²) in [7, 11) is 0. The number of urea groups is 1. The highest BCUT2D eigenvalue weighted by Crippen LogP contribution is 2.42. The molecule has 20 heteroatoms. The van der Waals surface area contributed by atoms with E-state index in [0.29, 0.717) is 89.9 Å². The molecule has 0 spiro atoms. The molecule has 7 heterocycles. The van der Waals surface area contributed by atoms with Crippen LogP contribution in [0.25, 0.3) is 11.1 Å². The minimum atomic E-state index is -1.20. The third kappa shape index (κ3) is 8.35. The number of carbonyl (C=O) groups is 5. The van der Waals surface area contributed by atoms with E-state index >= 15 is 4.39 Å². The normalized spacial score (nSPS) is 18.7. The van der Waals surface area contributed by atoms with E-state index in [1.807, 2.05) is 33.7 Å². The molecule has 0 bridgehead atoms.